The number of carboxylic acid groups (broad SMARTS) is 1. The summed E-state index contributed by atoms with van der Waals surface area (Å²) in [4.78, 5) is 10.00. The number of carboxylic acids is 1. The maximum atomic E-state index is 12.6. The Bertz CT molecular complexity index is 310. The van der Waals surface area contributed by atoms with Crippen LogP contribution in [0.15, 0.2) is 0 Å². The van der Waals surface area contributed by atoms with Gasteiger partial charge in [0.05, 0.1) is 5.25 Å². The number of alkyl halides is 2. The van der Waals surface area contributed by atoms with E-state index in [1.807, 2.05) is 0 Å². The van der Waals surface area contributed by atoms with Crippen molar-refractivity contribution in [1.82, 2.24) is 0 Å². The molecule has 0 aliphatic heterocycles. The lowest BCUT2D eigenvalue weighted by Crippen LogP contribution is -2.39. The van der Waals surface area contributed by atoms with Crippen LogP contribution in [0.4, 0.5) is 8.78 Å². The zero-order valence-electron chi connectivity index (χ0n) is 7.83. The van der Waals surface area contributed by atoms with Crippen molar-refractivity contribution in [2.24, 2.45) is 0 Å². The molecule has 0 radical (unpaired) electrons. The first-order valence-corrected chi connectivity index (χ1v) is 5.68. The highest BCUT2D eigenvalue weighted by Gasteiger charge is 2.44. The summed E-state index contributed by atoms with van der Waals surface area (Å²) in [5.74, 6) is -8.25. The average Bonchev–Trinajstić information content (AvgIpc) is 2.00. The van der Waals surface area contributed by atoms with Crippen LogP contribution in [0.2, 0.25) is 0 Å². The molecule has 0 aromatic carbocycles. The second-order valence-corrected chi connectivity index (χ2v) is 5.45. The van der Waals surface area contributed by atoms with Crippen LogP contribution in [0.5, 0.6) is 0 Å². The highest BCUT2D eigenvalue weighted by molar-refractivity contribution is 7.92. The van der Waals surface area contributed by atoms with Gasteiger partial charge in [-0.1, -0.05) is 6.92 Å². The molecule has 1 atom stereocenters. The Hall–Kier alpha value is -0.720. The molecule has 0 aliphatic rings. The van der Waals surface area contributed by atoms with Crippen molar-refractivity contribution in [3.8, 4) is 0 Å². The molecule has 4 nitrogen and oxygen atoms in total. The average molecular weight is 230 g/mol. The predicted molar refractivity (Wildman–Crippen MR) is 46.1 cm³/mol. The number of hydrogen-bond donors (Lipinski definition) is 1. The molecule has 0 fully saturated rings. The minimum Gasteiger partial charge on any atom is -0.477 e. The third-order valence-electron chi connectivity index (χ3n) is 1.88. The Morgan fingerprint density at radius 1 is 1.50 bits per heavy atom. The molecule has 7 heteroatoms. The van der Waals surface area contributed by atoms with Gasteiger partial charge in [0.2, 0.25) is 0 Å². The van der Waals surface area contributed by atoms with E-state index in [1.54, 1.807) is 0 Å². The molecule has 0 aromatic rings. The zero-order chi connectivity index (χ0) is 11.6. The summed E-state index contributed by atoms with van der Waals surface area (Å²) in [7, 11) is -4.04. The Morgan fingerprint density at radius 2 is 1.93 bits per heavy atom. The van der Waals surface area contributed by atoms with Gasteiger partial charge in [0.1, 0.15) is 5.75 Å². The number of carbonyl (C=O) groups is 1. The highest BCUT2D eigenvalue weighted by atomic mass is 32.2. The van der Waals surface area contributed by atoms with Crippen LogP contribution in [0.1, 0.15) is 20.3 Å². The van der Waals surface area contributed by atoms with E-state index in [9.17, 15) is 22.0 Å². The van der Waals surface area contributed by atoms with Gasteiger partial charge in [-0.05, 0) is 13.3 Å². The van der Waals surface area contributed by atoms with Crippen LogP contribution in [0.25, 0.3) is 0 Å². The molecule has 0 heterocycles. The van der Waals surface area contributed by atoms with E-state index in [0.29, 0.717) is 0 Å². The molecule has 0 rings (SSSR count). The molecule has 0 saturated carbocycles. The smallest absolute Gasteiger partial charge is 0.375 e. The van der Waals surface area contributed by atoms with Gasteiger partial charge < -0.3 is 5.11 Å². The molecular formula is C7H12F2O4S. The Labute approximate surface area is 80.8 Å². The molecule has 0 amide bonds. The molecule has 0 spiro atoms. The van der Waals surface area contributed by atoms with Gasteiger partial charge in [-0.15, -0.1) is 0 Å². The zero-order valence-corrected chi connectivity index (χ0v) is 8.64. The molecule has 1 unspecified atom stereocenters. The maximum absolute atomic E-state index is 12.6. The molecule has 1 N–H and O–H groups in total. The SMILES string of the molecule is CCC(C)S(=O)(=O)CC(F)(F)C(=O)O. The third kappa shape index (κ3) is 3.21. The first-order chi connectivity index (χ1) is 6.13. The lowest BCUT2D eigenvalue weighted by atomic mass is 10.4. The van der Waals surface area contributed by atoms with Gasteiger partial charge in [-0.2, -0.15) is 8.78 Å². The van der Waals surface area contributed by atoms with E-state index in [-0.39, 0.29) is 6.42 Å². The Balaban J connectivity index is 4.77. The normalized spacial score (nSPS) is 15.1. The molecule has 0 aromatic heterocycles. The highest BCUT2D eigenvalue weighted by Crippen LogP contribution is 2.19. The van der Waals surface area contributed by atoms with Crippen LogP contribution < -0.4 is 0 Å². The molecule has 0 saturated heterocycles. The predicted octanol–water partition coefficient (Wildman–Crippen LogP) is 0.920. The molecular weight excluding hydrogens is 218 g/mol. The van der Waals surface area contributed by atoms with Gasteiger partial charge in [0.25, 0.3) is 0 Å². The van der Waals surface area contributed by atoms with E-state index in [1.165, 1.54) is 13.8 Å². The lowest BCUT2D eigenvalue weighted by molar-refractivity contribution is -0.161. The lowest BCUT2D eigenvalue weighted by Gasteiger charge is -2.14. The van der Waals surface area contributed by atoms with Crippen LogP contribution >= 0.6 is 0 Å². The summed E-state index contributed by atoms with van der Waals surface area (Å²) in [6.45, 7) is 2.80. The number of hydrogen-bond acceptors (Lipinski definition) is 3. The van der Waals surface area contributed by atoms with Crippen molar-refractivity contribution in [1.29, 1.82) is 0 Å². The van der Waals surface area contributed by atoms with Crippen LogP contribution in [0.3, 0.4) is 0 Å². The van der Waals surface area contributed by atoms with Crippen LogP contribution in [-0.2, 0) is 14.6 Å². The minimum atomic E-state index is -4.21. The molecule has 0 aliphatic carbocycles. The number of sulfone groups is 1. The molecule has 0 bridgehead atoms. The van der Waals surface area contributed by atoms with Crippen molar-refractivity contribution >= 4 is 15.8 Å². The van der Waals surface area contributed by atoms with Crippen LogP contribution in [-0.4, -0.2) is 36.4 Å². The Kier molecular flexibility index (Phi) is 3.99. The van der Waals surface area contributed by atoms with Crippen LogP contribution in [0, 0.1) is 0 Å². The number of rotatable bonds is 5. The van der Waals surface area contributed by atoms with Gasteiger partial charge in [0.15, 0.2) is 9.84 Å². The van der Waals surface area contributed by atoms with E-state index in [4.69, 9.17) is 5.11 Å². The summed E-state index contributed by atoms with van der Waals surface area (Å²) in [6.07, 6.45) is 0.179. The fourth-order valence-corrected chi connectivity index (χ4v) is 2.13. The Morgan fingerprint density at radius 3 is 2.21 bits per heavy atom. The first-order valence-electron chi connectivity index (χ1n) is 3.96. The van der Waals surface area contributed by atoms with E-state index < -0.39 is 32.7 Å². The fourth-order valence-electron chi connectivity index (χ4n) is 0.711. The van der Waals surface area contributed by atoms with Crippen molar-refractivity contribution in [3.63, 3.8) is 0 Å². The second kappa shape index (κ2) is 4.20. The summed E-state index contributed by atoms with van der Waals surface area (Å²) >= 11 is 0. The number of halogens is 2. The second-order valence-electron chi connectivity index (χ2n) is 3.04. The summed E-state index contributed by atoms with van der Waals surface area (Å²) < 4.78 is 47.4. The van der Waals surface area contributed by atoms with Gasteiger partial charge in [0, 0.05) is 0 Å². The summed E-state index contributed by atoms with van der Waals surface area (Å²) in [5, 5.41) is 7.09. The minimum absolute atomic E-state index is 0.179. The quantitative estimate of drug-likeness (QED) is 0.762. The van der Waals surface area contributed by atoms with E-state index >= 15 is 0 Å². The van der Waals surface area contributed by atoms with Gasteiger partial charge in [-0.25, -0.2) is 13.2 Å². The molecule has 84 valence electrons. The van der Waals surface area contributed by atoms with Crippen molar-refractivity contribution in [3.05, 3.63) is 0 Å². The first kappa shape index (κ1) is 13.3. The monoisotopic (exact) mass is 230 g/mol. The van der Waals surface area contributed by atoms with E-state index in [2.05, 4.69) is 0 Å². The largest absolute Gasteiger partial charge is 0.477 e. The number of aliphatic carboxylic acids is 1. The summed E-state index contributed by atoms with van der Waals surface area (Å²) in [6, 6.07) is 0. The third-order valence-corrected chi connectivity index (χ3v) is 4.21. The standard InChI is InChI=1S/C7H12F2O4S/c1-3-5(2)14(12,13)4-7(8,9)6(10)11/h5H,3-4H2,1-2H3,(H,10,11). The van der Waals surface area contributed by atoms with E-state index in [0.717, 1.165) is 0 Å². The van der Waals surface area contributed by atoms with Gasteiger partial charge >= 0.3 is 11.9 Å². The fraction of sp³-hybridized carbons (Fsp3) is 0.857. The maximum Gasteiger partial charge on any atom is 0.375 e. The van der Waals surface area contributed by atoms with Gasteiger partial charge in [-0.3, -0.25) is 0 Å². The van der Waals surface area contributed by atoms with Crippen molar-refractivity contribution < 1.29 is 27.1 Å². The topological polar surface area (TPSA) is 71.4 Å². The summed E-state index contributed by atoms with van der Waals surface area (Å²) in [5.41, 5.74) is 0. The van der Waals surface area contributed by atoms with Crippen molar-refractivity contribution in [2.45, 2.75) is 31.4 Å². The van der Waals surface area contributed by atoms with Crippen molar-refractivity contribution in [2.75, 3.05) is 5.75 Å². The molecule has 14 heavy (non-hydrogen) atoms.